The van der Waals surface area contributed by atoms with Crippen LogP contribution < -0.4 is 11.1 Å². The third-order valence-corrected chi connectivity index (χ3v) is 3.17. The van der Waals surface area contributed by atoms with E-state index >= 15 is 0 Å². The van der Waals surface area contributed by atoms with Crippen LogP contribution in [0.5, 0.6) is 0 Å². The van der Waals surface area contributed by atoms with Crippen LogP contribution in [0, 0.1) is 19.8 Å². The van der Waals surface area contributed by atoms with Crippen molar-refractivity contribution >= 4 is 5.91 Å². The van der Waals surface area contributed by atoms with Gasteiger partial charge in [-0.25, -0.2) is 0 Å². The van der Waals surface area contributed by atoms with Gasteiger partial charge in [0.15, 0.2) is 0 Å². The zero-order chi connectivity index (χ0) is 13.5. The molecular weight excluding hydrogens is 224 g/mol. The highest BCUT2D eigenvalue weighted by molar-refractivity contribution is 5.76. The van der Waals surface area contributed by atoms with Crippen LogP contribution in [0.4, 0.5) is 0 Å². The van der Waals surface area contributed by atoms with E-state index in [2.05, 4.69) is 37.4 Å². The van der Waals surface area contributed by atoms with Crippen molar-refractivity contribution in [2.45, 2.75) is 33.6 Å². The molecular formula is C15H24N2O. The maximum Gasteiger partial charge on any atom is 0.220 e. The summed E-state index contributed by atoms with van der Waals surface area (Å²) in [4.78, 5) is 11.7. The normalized spacial score (nSPS) is 12.2. The molecule has 1 atom stereocenters. The number of carbonyl (C=O) groups is 1. The van der Waals surface area contributed by atoms with Gasteiger partial charge in [-0.3, -0.25) is 4.79 Å². The Morgan fingerprint density at radius 3 is 2.72 bits per heavy atom. The van der Waals surface area contributed by atoms with Crippen LogP contribution >= 0.6 is 0 Å². The Labute approximate surface area is 110 Å². The third-order valence-electron chi connectivity index (χ3n) is 3.17. The summed E-state index contributed by atoms with van der Waals surface area (Å²) in [5.74, 6) is 0.449. The smallest absolute Gasteiger partial charge is 0.220 e. The van der Waals surface area contributed by atoms with Crippen LogP contribution in [0.15, 0.2) is 18.2 Å². The van der Waals surface area contributed by atoms with Gasteiger partial charge in [-0.05, 0) is 43.9 Å². The van der Waals surface area contributed by atoms with E-state index in [1.54, 1.807) is 0 Å². The van der Waals surface area contributed by atoms with Gasteiger partial charge in [0.05, 0.1) is 0 Å². The first-order valence-corrected chi connectivity index (χ1v) is 6.55. The van der Waals surface area contributed by atoms with E-state index in [-0.39, 0.29) is 5.91 Å². The van der Waals surface area contributed by atoms with Gasteiger partial charge in [-0.1, -0.05) is 30.7 Å². The highest BCUT2D eigenvalue weighted by atomic mass is 16.1. The van der Waals surface area contributed by atoms with E-state index in [1.165, 1.54) is 16.7 Å². The molecule has 1 rings (SSSR count). The summed E-state index contributed by atoms with van der Waals surface area (Å²) in [6.45, 7) is 7.48. The first-order valence-electron chi connectivity index (χ1n) is 6.55. The zero-order valence-corrected chi connectivity index (χ0v) is 11.6. The number of hydrogen-bond donors (Lipinski definition) is 2. The molecule has 0 fully saturated rings. The van der Waals surface area contributed by atoms with Crippen molar-refractivity contribution < 1.29 is 4.79 Å². The Bertz CT molecular complexity index is 401. The van der Waals surface area contributed by atoms with Gasteiger partial charge < -0.3 is 11.1 Å². The average Bonchev–Trinajstić information content (AvgIpc) is 2.34. The lowest BCUT2D eigenvalue weighted by atomic mass is 10.0. The lowest BCUT2D eigenvalue weighted by Gasteiger charge is -2.11. The number of nitrogens with one attached hydrogen (secondary N) is 1. The molecule has 0 aliphatic rings. The minimum Gasteiger partial charge on any atom is -0.356 e. The second kappa shape index (κ2) is 7.17. The number of carbonyl (C=O) groups excluding carboxylic acids is 1. The van der Waals surface area contributed by atoms with Gasteiger partial charge in [-0.15, -0.1) is 0 Å². The first-order chi connectivity index (χ1) is 8.52. The van der Waals surface area contributed by atoms with Crippen LogP contribution in [0.25, 0.3) is 0 Å². The maximum atomic E-state index is 11.7. The quantitative estimate of drug-likeness (QED) is 0.808. The maximum absolute atomic E-state index is 11.7. The van der Waals surface area contributed by atoms with Crippen molar-refractivity contribution in [1.29, 1.82) is 0 Å². The molecule has 3 N–H and O–H groups in total. The van der Waals surface area contributed by atoms with Gasteiger partial charge in [0.25, 0.3) is 0 Å². The predicted molar refractivity (Wildman–Crippen MR) is 75.5 cm³/mol. The molecule has 1 aromatic rings. The molecule has 0 saturated heterocycles. The van der Waals surface area contributed by atoms with Crippen molar-refractivity contribution in [2.24, 2.45) is 11.7 Å². The Balaban J connectivity index is 2.38. The van der Waals surface area contributed by atoms with Gasteiger partial charge in [0.1, 0.15) is 0 Å². The number of rotatable bonds is 6. The van der Waals surface area contributed by atoms with Crippen molar-refractivity contribution in [1.82, 2.24) is 5.32 Å². The lowest BCUT2D eigenvalue weighted by molar-refractivity contribution is -0.121. The van der Waals surface area contributed by atoms with Crippen molar-refractivity contribution in [3.05, 3.63) is 34.9 Å². The molecule has 100 valence electrons. The van der Waals surface area contributed by atoms with Gasteiger partial charge in [0, 0.05) is 13.0 Å². The molecule has 18 heavy (non-hydrogen) atoms. The fraction of sp³-hybridized carbons (Fsp3) is 0.533. The van der Waals surface area contributed by atoms with Crippen LogP contribution in [0.2, 0.25) is 0 Å². The van der Waals surface area contributed by atoms with Crippen LogP contribution in [-0.4, -0.2) is 19.0 Å². The minimum absolute atomic E-state index is 0.107. The average molecular weight is 248 g/mol. The minimum atomic E-state index is 0.107. The lowest BCUT2D eigenvalue weighted by Crippen LogP contribution is -2.31. The topological polar surface area (TPSA) is 55.1 Å². The highest BCUT2D eigenvalue weighted by Gasteiger charge is 2.06. The Morgan fingerprint density at radius 1 is 1.39 bits per heavy atom. The van der Waals surface area contributed by atoms with E-state index in [4.69, 9.17) is 5.73 Å². The molecule has 0 saturated carbocycles. The number of nitrogens with two attached hydrogens (primary N) is 1. The summed E-state index contributed by atoms with van der Waals surface area (Å²) in [7, 11) is 0. The summed E-state index contributed by atoms with van der Waals surface area (Å²) in [6, 6.07) is 6.36. The SMILES string of the molecule is Cc1ccc(CCC(=O)NCC(C)CN)c(C)c1. The Hall–Kier alpha value is -1.35. The third kappa shape index (κ3) is 4.88. The molecule has 0 radical (unpaired) electrons. The summed E-state index contributed by atoms with van der Waals surface area (Å²) >= 11 is 0. The monoisotopic (exact) mass is 248 g/mol. The fourth-order valence-corrected chi connectivity index (χ4v) is 1.83. The number of amides is 1. The molecule has 0 aromatic heterocycles. The number of benzene rings is 1. The van der Waals surface area contributed by atoms with E-state index in [9.17, 15) is 4.79 Å². The highest BCUT2D eigenvalue weighted by Crippen LogP contribution is 2.12. The molecule has 0 aliphatic carbocycles. The predicted octanol–water partition coefficient (Wildman–Crippen LogP) is 1.95. The molecule has 0 spiro atoms. The molecule has 0 aliphatic heterocycles. The van der Waals surface area contributed by atoms with Crippen LogP contribution in [0.3, 0.4) is 0 Å². The van der Waals surface area contributed by atoms with E-state index in [0.29, 0.717) is 25.4 Å². The second-order valence-corrected chi connectivity index (χ2v) is 5.07. The van der Waals surface area contributed by atoms with Crippen LogP contribution in [-0.2, 0) is 11.2 Å². The first kappa shape index (κ1) is 14.7. The standard InChI is InChI=1S/C15H24N2O/c1-11-4-5-14(13(3)8-11)6-7-15(18)17-10-12(2)9-16/h4-5,8,12H,6-7,9-10,16H2,1-3H3,(H,17,18). The number of hydrogen-bond acceptors (Lipinski definition) is 2. The van der Waals surface area contributed by atoms with Crippen LogP contribution in [0.1, 0.15) is 30.0 Å². The molecule has 3 heteroatoms. The van der Waals surface area contributed by atoms with Crippen molar-refractivity contribution in [3.8, 4) is 0 Å². The summed E-state index contributed by atoms with van der Waals surface area (Å²) in [5.41, 5.74) is 9.28. The van der Waals surface area contributed by atoms with Gasteiger partial charge >= 0.3 is 0 Å². The molecule has 0 bridgehead atoms. The largest absolute Gasteiger partial charge is 0.356 e. The number of aryl methyl sites for hydroxylation is 3. The van der Waals surface area contributed by atoms with Gasteiger partial charge in [-0.2, -0.15) is 0 Å². The summed E-state index contributed by atoms with van der Waals surface area (Å²) in [6.07, 6.45) is 1.34. The van der Waals surface area contributed by atoms with Crippen molar-refractivity contribution in [2.75, 3.05) is 13.1 Å². The zero-order valence-electron chi connectivity index (χ0n) is 11.6. The fourth-order valence-electron chi connectivity index (χ4n) is 1.83. The summed E-state index contributed by atoms with van der Waals surface area (Å²) in [5, 5.41) is 2.92. The molecule has 0 heterocycles. The molecule has 1 amide bonds. The van der Waals surface area contributed by atoms with E-state index in [1.807, 2.05) is 6.92 Å². The molecule has 3 nitrogen and oxygen atoms in total. The Kier molecular flexibility index (Phi) is 5.86. The molecule has 1 aromatic carbocycles. The van der Waals surface area contributed by atoms with E-state index in [0.717, 1.165) is 6.42 Å². The Morgan fingerprint density at radius 2 is 2.11 bits per heavy atom. The van der Waals surface area contributed by atoms with E-state index < -0.39 is 0 Å². The second-order valence-electron chi connectivity index (χ2n) is 5.07. The van der Waals surface area contributed by atoms with Gasteiger partial charge in [0.2, 0.25) is 5.91 Å². The summed E-state index contributed by atoms with van der Waals surface area (Å²) < 4.78 is 0. The molecule has 1 unspecified atom stereocenters. The van der Waals surface area contributed by atoms with Crippen molar-refractivity contribution in [3.63, 3.8) is 0 Å².